The van der Waals surface area contributed by atoms with Crippen molar-refractivity contribution in [1.29, 1.82) is 0 Å². The summed E-state index contributed by atoms with van der Waals surface area (Å²) in [7, 11) is 0. The van der Waals surface area contributed by atoms with Crippen LogP contribution in [0.1, 0.15) is 64.4 Å². The topological polar surface area (TPSA) is 37.3 Å². The Hall–Kier alpha value is -1.74. The van der Waals surface area contributed by atoms with Gasteiger partial charge in [-0.3, -0.25) is 4.79 Å². The van der Waals surface area contributed by atoms with Crippen LogP contribution in [0, 0.1) is 34.4 Å². The van der Waals surface area contributed by atoms with Crippen LogP contribution in [0.4, 0.5) is 4.39 Å². The van der Waals surface area contributed by atoms with Gasteiger partial charge in [-0.1, -0.05) is 37.6 Å². The second-order valence-corrected chi connectivity index (χ2v) is 10.4. The van der Waals surface area contributed by atoms with E-state index >= 15 is 0 Å². The molecule has 5 rings (SSSR count). The molecule has 29 heavy (non-hydrogen) atoms. The quantitative estimate of drug-likeness (QED) is 0.489. The average Bonchev–Trinajstić information content (AvgIpc) is 2.95. The molecule has 1 N–H and O–H groups in total. The lowest BCUT2D eigenvalue weighted by atomic mass is 9.48. The highest BCUT2D eigenvalue weighted by atomic mass is 19.1. The van der Waals surface area contributed by atoms with E-state index in [2.05, 4.69) is 19.9 Å². The first-order valence-corrected chi connectivity index (χ1v) is 11.2. The molecule has 1 aromatic carbocycles. The summed E-state index contributed by atoms with van der Waals surface area (Å²) in [6.45, 7) is 4.60. The van der Waals surface area contributed by atoms with Gasteiger partial charge in [-0.15, -0.1) is 0 Å². The standard InChI is InChI=1S/C26H31FO2/c1-25-11-9-20(28)15-18(25)5-8-21-22(25)10-12-26(2)23(21)14-17(24(26)29)13-16-3-6-19(27)7-4-16/h3-7,13,20-23,28H,8-12,14-15H2,1-2H3/b17-13+/t20?,21-,22+,23+,25+,26+/m1/s1. The Kier molecular flexibility index (Phi) is 4.40. The number of carbonyl (C=O) groups excluding carboxylic acids is 1. The van der Waals surface area contributed by atoms with Gasteiger partial charge in [0.05, 0.1) is 6.10 Å². The van der Waals surface area contributed by atoms with Crippen LogP contribution < -0.4 is 0 Å². The van der Waals surface area contributed by atoms with Crippen molar-refractivity contribution in [2.45, 2.75) is 64.9 Å². The van der Waals surface area contributed by atoms with Gasteiger partial charge >= 0.3 is 0 Å². The van der Waals surface area contributed by atoms with E-state index in [1.165, 1.54) is 17.7 Å². The van der Waals surface area contributed by atoms with E-state index in [0.717, 1.165) is 56.1 Å². The van der Waals surface area contributed by atoms with Gasteiger partial charge in [-0.05, 0) is 97.5 Å². The van der Waals surface area contributed by atoms with Crippen molar-refractivity contribution in [1.82, 2.24) is 0 Å². The number of halogens is 1. The molecular formula is C26H31FO2. The highest BCUT2D eigenvalue weighted by molar-refractivity contribution is 6.05. The minimum atomic E-state index is -0.261. The maximum Gasteiger partial charge on any atom is 0.165 e. The number of ketones is 1. The molecule has 3 saturated carbocycles. The lowest BCUT2D eigenvalue weighted by Gasteiger charge is -2.56. The molecule has 3 heteroatoms. The van der Waals surface area contributed by atoms with Crippen molar-refractivity contribution in [2.75, 3.05) is 0 Å². The Morgan fingerprint density at radius 3 is 2.52 bits per heavy atom. The number of benzene rings is 1. The molecule has 0 saturated heterocycles. The largest absolute Gasteiger partial charge is 0.393 e. The Labute approximate surface area is 172 Å². The molecule has 0 heterocycles. The van der Waals surface area contributed by atoms with Crippen molar-refractivity contribution in [2.24, 2.45) is 28.6 Å². The summed E-state index contributed by atoms with van der Waals surface area (Å²) in [4.78, 5) is 13.4. The van der Waals surface area contributed by atoms with E-state index in [1.807, 2.05) is 6.08 Å². The summed E-state index contributed by atoms with van der Waals surface area (Å²) in [5.41, 5.74) is 3.22. The number of aliphatic hydroxyl groups excluding tert-OH is 1. The fourth-order valence-electron chi connectivity index (χ4n) is 7.20. The highest BCUT2D eigenvalue weighted by Crippen LogP contribution is 2.64. The molecule has 3 fully saturated rings. The summed E-state index contributed by atoms with van der Waals surface area (Å²) >= 11 is 0. The number of hydrogen-bond acceptors (Lipinski definition) is 2. The Morgan fingerprint density at radius 1 is 1.03 bits per heavy atom. The van der Waals surface area contributed by atoms with Crippen LogP contribution in [0.15, 0.2) is 41.5 Å². The monoisotopic (exact) mass is 394 g/mol. The lowest BCUT2D eigenvalue weighted by molar-refractivity contribution is -0.130. The van der Waals surface area contributed by atoms with Gasteiger partial charge in [-0.2, -0.15) is 0 Å². The van der Waals surface area contributed by atoms with Gasteiger partial charge in [0.1, 0.15) is 5.82 Å². The number of carbonyl (C=O) groups is 1. The van der Waals surface area contributed by atoms with Crippen LogP contribution in [0.25, 0.3) is 6.08 Å². The molecule has 0 amide bonds. The smallest absolute Gasteiger partial charge is 0.165 e. The predicted octanol–water partition coefficient (Wildman–Crippen LogP) is 5.71. The van der Waals surface area contributed by atoms with Crippen LogP contribution in [0.2, 0.25) is 0 Å². The molecule has 0 aliphatic heterocycles. The average molecular weight is 395 g/mol. The van der Waals surface area contributed by atoms with Crippen molar-refractivity contribution in [3.05, 3.63) is 52.9 Å². The maximum absolute atomic E-state index is 13.4. The summed E-state index contributed by atoms with van der Waals surface area (Å²) in [5.74, 6) is 1.61. The van der Waals surface area contributed by atoms with Crippen LogP contribution in [0.3, 0.4) is 0 Å². The summed E-state index contributed by atoms with van der Waals surface area (Å²) in [6.07, 6.45) is 11.0. The minimum Gasteiger partial charge on any atom is -0.393 e. The highest BCUT2D eigenvalue weighted by Gasteiger charge is 2.59. The van der Waals surface area contributed by atoms with E-state index < -0.39 is 0 Å². The zero-order chi connectivity index (χ0) is 20.4. The fraction of sp³-hybridized carbons (Fsp3) is 0.577. The zero-order valence-corrected chi connectivity index (χ0v) is 17.5. The molecule has 2 nitrogen and oxygen atoms in total. The molecule has 1 aromatic rings. The molecule has 1 unspecified atom stereocenters. The Morgan fingerprint density at radius 2 is 1.76 bits per heavy atom. The Balaban J connectivity index is 1.47. The van der Waals surface area contributed by atoms with Gasteiger partial charge in [0.25, 0.3) is 0 Å². The predicted molar refractivity (Wildman–Crippen MR) is 112 cm³/mol. The Bertz CT molecular complexity index is 898. The van der Waals surface area contributed by atoms with Gasteiger partial charge in [0.15, 0.2) is 5.78 Å². The third kappa shape index (κ3) is 2.88. The number of Topliss-reactive ketones (excluding diaryl/α,β-unsaturated/α-hetero) is 1. The van der Waals surface area contributed by atoms with Gasteiger partial charge < -0.3 is 5.11 Å². The fourth-order valence-corrected chi connectivity index (χ4v) is 7.20. The van der Waals surface area contributed by atoms with E-state index in [1.54, 1.807) is 12.1 Å². The SMILES string of the molecule is C[C@]12CCC(O)CC1=CC[C@@H]1[C@@H]2CC[C@]2(C)C(=O)/C(=C/c3ccc(F)cc3)C[C@@H]12. The third-order valence-electron chi connectivity index (χ3n) is 8.93. The van der Waals surface area contributed by atoms with Gasteiger partial charge in [0, 0.05) is 5.41 Å². The number of aliphatic hydroxyl groups is 1. The number of rotatable bonds is 1. The number of hydrogen-bond donors (Lipinski definition) is 1. The van der Waals surface area contributed by atoms with E-state index in [0.29, 0.717) is 23.5 Å². The second kappa shape index (κ2) is 6.63. The van der Waals surface area contributed by atoms with E-state index in [4.69, 9.17) is 0 Å². The zero-order valence-electron chi connectivity index (χ0n) is 17.5. The summed E-state index contributed by atoms with van der Waals surface area (Å²) < 4.78 is 13.3. The lowest BCUT2D eigenvalue weighted by Crippen LogP contribution is -2.50. The summed E-state index contributed by atoms with van der Waals surface area (Å²) in [6, 6.07) is 6.43. The van der Waals surface area contributed by atoms with Crippen molar-refractivity contribution in [3.63, 3.8) is 0 Å². The first-order chi connectivity index (χ1) is 13.8. The van der Waals surface area contributed by atoms with Crippen LogP contribution in [0.5, 0.6) is 0 Å². The molecule has 0 radical (unpaired) electrons. The van der Waals surface area contributed by atoms with Gasteiger partial charge in [0.2, 0.25) is 0 Å². The molecular weight excluding hydrogens is 363 g/mol. The van der Waals surface area contributed by atoms with Crippen LogP contribution in [-0.2, 0) is 4.79 Å². The molecule has 4 aliphatic rings. The third-order valence-corrected chi connectivity index (χ3v) is 8.93. The second-order valence-electron chi connectivity index (χ2n) is 10.4. The molecule has 0 bridgehead atoms. The molecule has 6 atom stereocenters. The minimum absolute atomic E-state index is 0.182. The first-order valence-electron chi connectivity index (χ1n) is 11.2. The van der Waals surface area contributed by atoms with Gasteiger partial charge in [-0.25, -0.2) is 4.39 Å². The number of allylic oxidation sites excluding steroid dienone is 2. The molecule has 4 aliphatic carbocycles. The molecule has 154 valence electrons. The van der Waals surface area contributed by atoms with Crippen LogP contribution in [-0.4, -0.2) is 17.0 Å². The normalized spacial score (nSPS) is 42.8. The van der Waals surface area contributed by atoms with Crippen molar-refractivity contribution >= 4 is 11.9 Å². The first kappa shape index (κ1) is 19.2. The maximum atomic E-state index is 13.4. The number of fused-ring (bicyclic) bond motifs is 5. The molecule has 0 spiro atoms. The van der Waals surface area contributed by atoms with Crippen molar-refractivity contribution < 1.29 is 14.3 Å². The summed E-state index contributed by atoms with van der Waals surface area (Å²) in [5, 5.41) is 10.2. The van der Waals surface area contributed by atoms with Crippen LogP contribution >= 0.6 is 0 Å². The van der Waals surface area contributed by atoms with E-state index in [9.17, 15) is 14.3 Å². The van der Waals surface area contributed by atoms with E-state index in [-0.39, 0.29) is 22.8 Å². The van der Waals surface area contributed by atoms with Crippen molar-refractivity contribution in [3.8, 4) is 0 Å². The molecule has 0 aromatic heterocycles.